The van der Waals surface area contributed by atoms with Crippen molar-refractivity contribution in [2.45, 2.75) is 25.3 Å². The molecule has 12 heavy (non-hydrogen) atoms. The molecule has 1 unspecified atom stereocenters. The smallest absolute Gasteiger partial charge is 0.407 e. The van der Waals surface area contributed by atoms with Gasteiger partial charge in [-0.1, -0.05) is 0 Å². The third kappa shape index (κ3) is 2.37. The van der Waals surface area contributed by atoms with Gasteiger partial charge in [-0.15, -0.1) is 0 Å². The highest BCUT2D eigenvalue weighted by atomic mass is 16.5. The van der Waals surface area contributed by atoms with Crippen LogP contribution in [0.1, 0.15) is 19.8 Å². The number of rotatable bonds is 1. The lowest BCUT2D eigenvalue weighted by molar-refractivity contribution is 0.0280. The van der Waals surface area contributed by atoms with E-state index in [1.54, 1.807) is 0 Å². The van der Waals surface area contributed by atoms with Gasteiger partial charge in [-0.05, 0) is 19.8 Å². The molecule has 70 valence electrons. The first kappa shape index (κ1) is 9.32. The second-order valence-electron chi connectivity index (χ2n) is 3.33. The van der Waals surface area contributed by atoms with Crippen molar-refractivity contribution in [3.05, 3.63) is 0 Å². The van der Waals surface area contributed by atoms with Crippen molar-refractivity contribution >= 4 is 6.09 Å². The number of hydrogen-bond donors (Lipinski definition) is 1. The third-order valence-electron chi connectivity index (χ3n) is 2.03. The van der Waals surface area contributed by atoms with Crippen LogP contribution < -0.4 is 5.32 Å². The van der Waals surface area contributed by atoms with Crippen molar-refractivity contribution < 1.29 is 14.3 Å². The average Bonchev–Trinajstić information content (AvgIpc) is 2.05. The van der Waals surface area contributed by atoms with E-state index in [-0.39, 0.29) is 11.6 Å². The van der Waals surface area contributed by atoms with Crippen molar-refractivity contribution in [2.75, 3.05) is 20.3 Å². The first-order chi connectivity index (χ1) is 5.66. The van der Waals surface area contributed by atoms with Crippen LogP contribution in [0.5, 0.6) is 0 Å². The van der Waals surface area contributed by atoms with Gasteiger partial charge in [0.25, 0.3) is 0 Å². The summed E-state index contributed by atoms with van der Waals surface area (Å²) in [6.45, 7) is 3.32. The van der Waals surface area contributed by atoms with Gasteiger partial charge in [0.2, 0.25) is 0 Å². The number of methoxy groups -OCH3 is 1. The van der Waals surface area contributed by atoms with Gasteiger partial charge >= 0.3 is 6.09 Å². The predicted octanol–water partition coefficient (Wildman–Crippen LogP) is 0.911. The number of nitrogens with one attached hydrogen (secondary N) is 1. The topological polar surface area (TPSA) is 47.6 Å². The normalized spacial score (nSPS) is 29.5. The summed E-state index contributed by atoms with van der Waals surface area (Å²) in [7, 11) is 1.36. The minimum Gasteiger partial charge on any atom is -0.453 e. The molecule has 0 aliphatic carbocycles. The molecule has 1 fully saturated rings. The summed E-state index contributed by atoms with van der Waals surface area (Å²) in [6, 6.07) is 0. The number of hydrogen-bond acceptors (Lipinski definition) is 3. The summed E-state index contributed by atoms with van der Waals surface area (Å²) in [5, 5.41) is 2.76. The van der Waals surface area contributed by atoms with Crippen LogP contribution >= 0.6 is 0 Å². The Morgan fingerprint density at radius 3 is 2.92 bits per heavy atom. The van der Waals surface area contributed by atoms with Crippen LogP contribution in [0, 0.1) is 0 Å². The molecule has 4 heteroatoms. The lowest BCUT2D eigenvalue weighted by Gasteiger charge is -2.33. The lowest BCUT2D eigenvalue weighted by Crippen LogP contribution is -2.51. The SMILES string of the molecule is COC(=O)NC1(C)CCCOC1. The second kappa shape index (κ2) is 3.76. The van der Waals surface area contributed by atoms with E-state index in [9.17, 15) is 4.79 Å². The van der Waals surface area contributed by atoms with Crippen LogP contribution in [0.2, 0.25) is 0 Å². The van der Waals surface area contributed by atoms with Gasteiger partial charge in [-0.3, -0.25) is 0 Å². The standard InChI is InChI=1S/C8H15NO3/c1-8(9-7(10)11-2)4-3-5-12-6-8/h3-6H2,1-2H3,(H,9,10). The highest BCUT2D eigenvalue weighted by Gasteiger charge is 2.29. The molecule has 1 rings (SSSR count). The molecule has 0 aromatic carbocycles. The molecule has 0 spiro atoms. The number of carbonyl (C=O) groups is 1. The van der Waals surface area contributed by atoms with Crippen LogP contribution in [0.25, 0.3) is 0 Å². The summed E-state index contributed by atoms with van der Waals surface area (Å²) in [4.78, 5) is 10.9. The number of amides is 1. The highest BCUT2D eigenvalue weighted by Crippen LogP contribution is 2.17. The van der Waals surface area contributed by atoms with Crippen molar-refractivity contribution in [3.63, 3.8) is 0 Å². The molecule has 0 aromatic rings. The first-order valence-electron chi connectivity index (χ1n) is 4.10. The average molecular weight is 173 g/mol. The fourth-order valence-corrected chi connectivity index (χ4v) is 1.33. The summed E-state index contributed by atoms with van der Waals surface area (Å²) in [5.41, 5.74) is -0.245. The van der Waals surface area contributed by atoms with Crippen molar-refractivity contribution in [3.8, 4) is 0 Å². The molecule has 1 aliphatic heterocycles. The molecule has 0 radical (unpaired) electrons. The summed E-state index contributed by atoms with van der Waals surface area (Å²) >= 11 is 0. The summed E-state index contributed by atoms with van der Waals surface area (Å²) < 4.78 is 9.77. The van der Waals surface area contributed by atoms with E-state index in [1.807, 2.05) is 6.92 Å². The number of carbonyl (C=O) groups excluding carboxylic acids is 1. The Hall–Kier alpha value is -0.770. The molecule has 0 aromatic heterocycles. The second-order valence-corrected chi connectivity index (χ2v) is 3.33. The predicted molar refractivity (Wildman–Crippen MR) is 44.0 cm³/mol. The zero-order valence-electron chi connectivity index (χ0n) is 7.55. The van der Waals surface area contributed by atoms with E-state index in [1.165, 1.54) is 7.11 Å². The Labute approximate surface area is 72.2 Å². The Kier molecular flexibility index (Phi) is 2.92. The maximum absolute atomic E-state index is 10.9. The summed E-state index contributed by atoms with van der Waals surface area (Å²) in [6.07, 6.45) is 1.55. The Morgan fingerprint density at radius 2 is 2.42 bits per heavy atom. The van der Waals surface area contributed by atoms with Crippen molar-refractivity contribution in [2.24, 2.45) is 0 Å². The van der Waals surface area contributed by atoms with E-state index in [0.29, 0.717) is 6.61 Å². The molecule has 1 atom stereocenters. The van der Waals surface area contributed by atoms with Gasteiger partial charge in [0, 0.05) is 6.61 Å². The molecule has 0 bridgehead atoms. The van der Waals surface area contributed by atoms with Crippen LogP contribution in [-0.4, -0.2) is 32.0 Å². The van der Waals surface area contributed by atoms with Crippen LogP contribution in [0.4, 0.5) is 4.79 Å². The molecular formula is C8H15NO3. The van der Waals surface area contributed by atoms with E-state index in [2.05, 4.69) is 10.1 Å². The largest absolute Gasteiger partial charge is 0.453 e. The molecule has 1 heterocycles. The summed E-state index contributed by atoms with van der Waals surface area (Å²) in [5.74, 6) is 0. The van der Waals surface area contributed by atoms with Gasteiger partial charge < -0.3 is 14.8 Å². The van der Waals surface area contributed by atoms with Crippen LogP contribution in [-0.2, 0) is 9.47 Å². The molecular weight excluding hydrogens is 158 g/mol. The van der Waals surface area contributed by atoms with E-state index < -0.39 is 0 Å². The van der Waals surface area contributed by atoms with Gasteiger partial charge in [0.1, 0.15) is 0 Å². The molecule has 1 aliphatic rings. The van der Waals surface area contributed by atoms with Gasteiger partial charge in [-0.25, -0.2) is 4.79 Å². The Morgan fingerprint density at radius 1 is 1.67 bits per heavy atom. The fourth-order valence-electron chi connectivity index (χ4n) is 1.33. The molecule has 4 nitrogen and oxygen atoms in total. The zero-order chi connectivity index (χ0) is 9.03. The monoisotopic (exact) mass is 173 g/mol. The maximum atomic E-state index is 10.9. The Balaban J connectivity index is 2.41. The van der Waals surface area contributed by atoms with Crippen molar-refractivity contribution in [1.29, 1.82) is 0 Å². The fraction of sp³-hybridized carbons (Fsp3) is 0.875. The minimum atomic E-state index is -0.386. The molecule has 1 N–H and O–H groups in total. The molecule has 1 amide bonds. The number of ether oxygens (including phenoxy) is 2. The van der Waals surface area contributed by atoms with Gasteiger partial charge in [0.05, 0.1) is 19.3 Å². The lowest BCUT2D eigenvalue weighted by atomic mass is 9.95. The maximum Gasteiger partial charge on any atom is 0.407 e. The first-order valence-corrected chi connectivity index (χ1v) is 4.10. The van der Waals surface area contributed by atoms with E-state index >= 15 is 0 Å². The zero-order valence-corrected chi connectivity index (χ0v) is 7.55. The van der Waals surface area contributed by atoms with Crippen molar-refractivity contribution in [1.82, 2.24) is 5.32 Å². The minimum absolute atomic E-state index is 0.245. The quantitative estimate of drug-likeness (QED) is 0.641. The Bertz CT molecular complexity index is 164. The van der Waals surface area contributed by atoms with Crippen LogP contribution in [0.15, 0.2) is 0 Å². The van der Waals surface area contributed by atoms with Crippen LogP contribution in [0.3, 0.4) is 0 Å². The van der Waals surface area contributed by atoms with E-state index in [4.69, 9.17) is 4.74 Å². The van der Waals surface area contributed by atoms with Gasteiger partial charge in [-0.2, -0.15) is 0 Å². The van der Waals surface area contributed by atoms with E-state index in [0.717, 1.165) is 19.4 Å². The van der Waals surface area contributed by atoms with Gasteiger partial charge in [0.15, 0.2) is 0 Å². The third-order valence-corrected chi connectivity index (χ3v) is 2.03. The number of alkyl carbamates (subject to hydrolysis) is 1. The highest BCUT2D eigenvalue weighted by molar-refractivity contribution is 5.68. The molecule has 0 saturated carbocycles. The molecule has 1 saturated heterocycles.